The van der Waals surface area contributed by atoms with E-state index in [2.05, 4.69) is 0 Å². The average molecular weight is 306 g/mol. The van der Waals surface area contributed by atoms with E-state index in [1.165, 1.54) is 11.4 Å². The van der Waals surface area contributed by atoms with Crippen LogP contribution < -0.4 is 5.73 Å². The molecule has 0 saturated carbocycles. The molecule has 0 fully saturated rings. The third-order valence-electron chi connectivity index (χ3n) is 3.18. The van der Waals surface area contributed by atoms with Crippen LogP contribution in [-0.2, 0) is 22.3 Å². The summed E-state index contributed by atoms with van der Waals surface area (Å²) in [6.45, 7) is 0.198. The van der Waals surface area contributed by atoms with Crippen molar-refractivity contribution in [1.29, 1.82) is 0 Å². The third-order valence-corrected chi connectivity index (χ3v) is 4.94. The van der Waals surface area contributed by atoms with Gasteiger partial charge in [0, 0.05) is 19.3 Å². The van der Waals surface area contributed by atoms with Gasteiger partial charge in [0.1, 0.15) is 5.75 Å². The Balaban J connectivity index is 2.14. The van der Waals surface area contributed by atoms with Crippen molar-refractivity contribution in [1.82, 2.24) is 4.31 Å². The number of phenolic OH excluding ortho intramolecular Hbond substituents is 1. The quantitative estimate of drug-likeness (QED) is 0.827. The van der Waals surface area contributed by atoms with E-state index in [1.54, 1.807) is 48.5 Å². The van der Waals surface area contributed by atoms with Crippen LogP contribution in [0.15, 0.2) is 48.5 Å². The van der Waals surface area contributed by atoms with E-state index >= 15 is 0 Å². The molecule has 0 radical (unpaired) electrons. The normalized spacial score (nSPS) is 11.7. The van der Waals surface area contributed by atoms with Gasteiger partial charge in [-0.05, 0) is 29.3 Å². The Hall–Kier alpha value is -2.05. The number of nitrogen functional groups attached to an aromatic ring is 1. The van der Waals surface area contributed by atoms with Crippen LogP contribution >= 0.6 is 0 Å². The molecule has 2 rings (SSSR count). The second kappa shape index (κ2) is 6.15. The van der Waals surface area contributed by atoms with Gasteiger partial charge >= 0.3 is 0 Å². The zero-order valence-corrected chi connectivity index (χ0v) is 12.5. The van der Waals surface area contributed by atoms with Crippen molar-refractivity contribution in [3.63, 3.8) is 0 Å². The highest BCUT2D eigenvalue weighted by atomic mass is 32.2. The Kier molecular flexibility index (Phi) is 4.50. The van der Waals surface area contributed by atoms with Gasteiger partial charge in [-0.25, -0.2) is 12.7 Å². The highest BCUT2D eigenvalue weighted by Gasteiger charge is 2.19. The van der Waals surface area contributed by atoms with E-state index in [4.69, 9.17) is 5.73 Å². The fraction of sp³-hybridized carbons (Fsp3) is 0.200. The van der Waals surface area contributed by atoms with Crippen LogP contribution in [0.25, 0.3) is 0 Å². The van der Waals surface area contributed by atoms with Crippen molar-refractivity contribution in [3.05, 3.63) is 59.7 Å². The van der Waals surface area contributed by atoms with Gasteiger partial charge in [-0.2, -0.15) is 0 Å². The molecule has 0 heterocycles. The first-order chi connectivity index (χ1) is 9.88. The number of hydrogen-bond acceptors (Lipinski definition) is 4. The van der Waals surface area contributed by atoms with Gasteiger partial charge in [-0.15, -0.1) is 0 Å². The largest absolute Gasteiger partial charge is 0.508 e. The van der Waals surface area contributed by atoms with E-state index in [9.17, 15) is 13.5 Å². The fourth-order valence-electron chi connectivity index (χ4n) is 1.98. The van der Waals surface area contributed by atoms with Crippen LogP contribution in [-0.4, -0.2) is 24.9 Å². The number of hydrogen-bond donors (Lipinski definition) is 2. The number of anilines is 1. The van der Waals surface area contributed by atoms with Crippen molar-refractivity contribution in [2.45, 2.75) is 12.3 Å². The third kappa shape index (κ3) is 3.96. The van der Waals surface area contributed by atoms with Crippen LogP contribution in [0.3, 0.4) is 0 Å². The van der Waals surface area contributed by atoms with Gasteiger partial charge in [0.25, 0.3) is 0 Å². The lowest BCUT2D eigenvalue weighted by atomic mass is 10.2. The molecule has 3 N–H and O–H groups in total. The second-order valence-electron chi connectivity index (χ2n) is 4.88. The first-order valence-electron chi connectivity index (χ1n) is 6.44. The fourth-order valence-corrected chi connectivity index (χ4v) is 3.20. The summed E-state index contributed by atoms with van der Waals surface area (Å²) in [6.07, 6.45) is 0. The molecule has 0 aromatic heterocycles. The molecule has 2 aromatic rings. The Morgan fingerprint density at radius 3 is 2.52 bits per heavy atom. The lowest BCUT2D eigenvalue weighted by Crippen LogP contribution is -2.28. The summed E-state index contributed by atoms with van der Waals surface area (Å²) in [5.41, 5.74) is 7.56. The molecule has 0 aliphatic rings. The maximum Gasteiger partial charge on any atom is 0.218 e. The number of nitrogens with two attached hydrogens (primary N) is 1. The van der Waals surface area contributed by atoms with Crippen molar-refractivity contribution >= 4 is 15.7 Å². The monoisotopic (exact) mass is 306 g/mol. The summed E-state index contributed by atoms with van der Waals surface area (Å²) >= 11 is 0. The van der Waals surface area contributed by atoms with Gasteiger partial charge < -0.3 is 10.8 Å². The maximum absolute atomic E-state index is 12.3. The molecule has 0 atom stereocenters. The van der Waals surface area contributed by atoms with Crippen molar-refractivity contribution in [3.8, 4) is 5.75 Å². The SMILES string of the molecule is CN(Cc1cccc(O)c1)S(=O)(=O)Cc1ccccc1N. The molecular weight excluding hydrogens is 288 g/mol. The molecule has 0 unspecified atom stereocenters. The zero-order chi connectivity index (χ0) is 15.5. The van der Waals surface area contributed by atoms with Crippen LogP contribution in [0.5, 0.6) is 5.75 Å². The summed E-state index contributed by atoms with van der Waals surface area (Å²) in [4.78, 5) is 0. The highest BCUT2D eigenvalue weighted by Crippen LogP contribution is 2.18. The molecule has 0 bridgehead atoms. The van der Waals surface area contributed by atoms with Crippen molar-refractivity contribution in [2.24, 2.45) is 0 Å². The number of benzene rings is 2. The second-order valence-corrected chi connectivity index (χ2v) is 6.96. The number of nitrogens with zero attached hydrogens (tertiary/aromatic N) is 1. The first-order valence-corrected chi connectivity index (χ1v) is 8.05. The lowest BCUT2D eigenvalue weighted by molar-refractivity contribution is 0.457. The van der Waals surface area contributed by atoms with Crippen LogP contribution in [0.2, 0.25) is 0 Å². The molecule has 0 aliphatic heterocycles. The van der Waals surface area contributed by atoms with Crippen LogP contribution in [0, 0.1) is 0 Å². The minimum absolute atomic E-state index is 0.116. The van der Waals surface area contributed by atoms with Gasteiger partial charge in [0.2, 0.25) is 10.0 Å². The summed E-state index contributed by atoms with van der Waals surface area (Å²) in [5.74, 6) is -0.0276. The molecule has 0 aliphatic carbocycles. The molecule has 5 nitrogen and oxygen atoms in total. The lowest BCUT2D eigenvalue weighted by Gasteiger charge is -2.18. The van der Waals surface area contributed by atoms with E-state index in [0.29, 0.717) is 11.3 Å². The smallest absolute Gasteiger partial charge is 0.218 e. The standard InChI is InChI=1S/C15H18N2O3S/c1-17(10-12-5-4-7-14(18)9-12)21(19,20)11-13-6-2-3-8-15(13)16/h2-9,18H,10-11,16H2,1H3. The molecule has 21 heavy (non-hydrogen) atoms. The minimum Gasteiger partial charge on any atom is -0.508 e. The highest BCUT2D eigenvalue weighted by molar-refractivity contribution is 7.88. The molecule has 2 aromatic carbocycles. The molecular formula is C15H18N2O3S. The summed E-state index contributed by atoms with van der Waals surface area (Å²) < 4.78 is 26.0. The molecule has 0 spiro atoms. The predicted octanol–water partition coefficient (Wildman–Crippen LogP) is 1.94. The average Bonchev–Trinajstić information content (AvgIpc) is 2.41. The van der Waals surface area contributed by atoms with Gasteiger partial charge in [-0.1, -0.05) is 30.3 Å². The molecule has 6 heteroatoms. The number of rotatable bonds is 5. The van der Waals surface area contributed by atoms with Crippen molar-refractivity contribution in [2.75, 3.05) is 12.8 Å². The molecule has 0 amide bonds. The summed E-state index contributed by atoms with van der Waals surface area (Å²) in [6, 6.07) is 13.4. The Morgan fingerprint density at radius 2 is 1.86 bits per heavy atom. The minimum atomic E-state index is -3.48. The number of para-hydroxylation sites is 1. The van der Waals surface area contributed by atoms with Crippen LogP contribution in [0.4, 0.5) is 5.69 Å². The van der Waals surface area contributed by atoms with Crippen molar-refractivity contribution < 1.29 is 13.5 Å². The Bertz CT molecular complexity index is 729. The van der Waals surface area contributed by atoms with E-state index < -0.39 is 10.0 Å². The maximum atomic E-state index is 12.3. The van der Waals surface area contributed by atoms with E-state index in [-0.39, 0.29) is 18.0 Å². The predicted molar refractivity (Wildman–Crippen MR) is 83.1 cm³/mol. The van der Waals surface area contributed by atoms with E-state index in [1.807, 2.05) is 0 Å². The Morgan fingerprint density at radius 1 is 1.14 bits per heavy atom. The number of aromatic hydroxyl groups is 1. The van der Waals surface area contributed by atoms with Gasteiger partial charge in [-0.3, -0.25) is 0 Å². The summed E-state index contributed by atoms with van der Waals surface area (Å²) in [7, 11) is -1.96. The van der Waals surface area contributed by atoms with Crippen LogP contribution in [0.1, 0.15) is 11.1 Å². The van der Waals surface area contributed by atoms with Gasteiger partial charge in [0.05, 0.1) is 5.75 Å². The van der Waals surface area contributed by atoms with E-state index in [0.717, 1.165) is 5.56 Å². The topological polar surface area (TPSA) is 83.6 Å². The number of phenols is 1. The number of sulfonamides is 1. The zero-order valence-electron chi connectivity index (χ0n) is 11.7. The Labute approximate surface area is 124 Å². The first kappa shape index (κ1) is 15.3. The summed E-state index contributed by atoms with van der Waals surface area (Å²) in [5, 5.41) is 9.42. The molecule has 112 valence electrons. The molecule has 0 saturated heterocycles. The van der Waals surface area contributed by atoms with Gasteiger partial charge in [0.15, 0.2) is 0 Å².